The van der Waals surface area contributed by atoms with Crippen LogP contribution in [0.25, 0.3) is 0 Å². The van der Waals surface area contributed by atoms with Crippen LogP contribution in [0.15, 0.2) is 17.1 Å². The Morgan fingerprint density at radius 3 is 3.11 bits per heavy atom. The monoisotopic (exact) mass is 258 g/mol. The first-order valence-corrected chi connectivity index (χ1v) is 5.78. The van der Waals surface area contributed by atoms with E-state index in [-0.39, 0.29) is 19.0 Å². The number of halogens is 1. The third-order valence-corrected chi connectivity index (χ3v) is 2.73. The number of rotatable bonds is 4. The first kappa shape index (κ1) is 13.0. The van der Waals surface area contributed by atoms with E-state index in [1.54, 1.807) is 6.92 Å². The third-order valence-electron chi connectivity index (χ3n) is 2.73. The van der Waals surface area contributed by atoms with Crippen LogP contribution in [-0.2, 0) is 4.74 Å². The molecule has 1 fully saturated rings. The third kappa shape index (κ3) is 2.51. The van der Waals surface area contributed by atoms with Crippen LogP contribution >= 0.6 is 0 Å². The molecule has 1 N–H and O–H groups in total. The van der Waals surface area contributed by atoms with Crippen LogP contribution in [0.4, 0.5) is 4.39 Å². The van der Waals surface area contributed by atoms with Gasteiger partial charge in [0.1, 0.15) is 18.5 Å². The molecule has 1 aliphatic rings. The summed E-state index contributed by atoms with van der Waals surface area (Å²) in [6.07, 6.45) is -1.16. The Labute approximate surface area is 103 Å². The predicted octanol–water partition coefficient (Wildman–Crippen LogP) is 0.260. The zero-order chi connectivity index (χ0) is 13.1. The maximum Gasteiger partial charge on any atom is 0.301 e. The number of aromatic nitrogens is 2. The van der Waals surface area contributed by atoms with Gasteiger partial charge in [-0.1, -0.05) is 0 Å². The van der Waals surface area contributed by atoms with Gasteiger partial charge in [-0.05, 0) is 6.92 Å². The molecule has 1 aromatic heterocycles. The fraction of sp³-hybridized carbons (Fsp3) is 0.636. The van der Waals surface area contributed by atoms with Gasteiger partial charge in [-0.3, -0.25) is 9.36 Å². The first-order chi connectivity index (χ1) is 8.65. The molecular formula is C11H15FN2O4. The van der Waals surface area contributed by atoms with E-state index in [1.807, 2.05) is 0 Å². The quantitative estimate of drug-likeness (QED) is 0.838. The van der Waals surface area contributed by atoms with Crippen molar-refractivity contribution in [3.63, 3.8) is 0 Å². The van der Waals surface area contributed by atoms with Gasteiger partial charge in [0.15, 0.2) is 0 Å². The normalized spacial score (nSPS) is 27.4. The average Bonchev–Trinajstić information content (AvgIpc) is 2.71. The summed E-state index contributed by atoms with van der Waals surface area (Å²) in [6.45, 7) is 1.72. The molecule has 0 bridgehead atoms. The molecule has 0 unspecified atom stereocenters. The lowest BCUT2D eigenvalue weighted by Crippen LogP contribution is -2.22. The van der Waals surface area contributed by atoms with Crippen molar-refractivity contribution in [2.75, 3.05) is 13.2 Å². The zero-order valence-electron chi connectivity index (χ0n) is 9.95. The molecule has 18 heavy (non-hydrogen) atoms. The number of aliphatic hydroxyl groups is 1. The van der Waals surface area contributed by atoms with Gasteiger partial charge in [0, 0.05) is 18.7 Å². The topological polar surface area (TPSA) is 73.6 Å². The van der Waals surface area contributed by atoms with Crippen LogP contribution in [0, 0.1) is 0 Å². The highest BCUT2D eigenvalue weighted by atomic mass is 19.1. The van der Waals surface area contributed by atoms with Crippen molar-refractivity contribution in [3.8, 4) is 6.01 Å². The molecule has 3 atom stereocenters. The van der Waals surface area contributed by atoms with E-state index in [9.17, 15) is 9.18 Å². The lowest BCUT2D eigenvalue weighted by Gasteiger charge is -2.18. The summed E-state index contributed by atoms with van der Waals surface area (Å²) in [4.78, 5) is 14.9. The van der Waals surface area contributed by atoms with Crippen molar-refractivity contribution in [2.45, 2.75) is 31.8 Å². The van der Waals surface area contributed by atoms with Gasteiger partial charge >= 0.3 is 6.01 Å². The van der Waals surface area contributed by atoms with Crippen molar-refractivity contribution in [3.05, 3.63) is 22.6 Å². The predicted molar refractivity (Wildman–Crippen MR) is 60.2 cm³/mol. The second-order valence-electron chi connectivity index (χ2n) is 3.95. The Balaban J connectivity index is 2.25. The lowest BCUT2D eigenvalue weighted by molar-refractivity contribution is -0.0374. The summed E-state index contributed by atoms with van der Waals surface area (Å²) in [5.41, 5.74) is -0.428. The van der Waals surface area contributed by atoms with E-state index in [0.717, 1.165) is 0 Å². The fourth-order valence-electron chi connectivity index (χ4n) is 1.88. The van der Waals surface area contributed by atoms with E-state index in [4.69, 9.17) is 14.6 Å². The number of aliphatic hydroxyl groups excluding tert-OH is 1. The second-order valence-corrected chi connectivity index (χ2v) is 3.95. The van der Waals surface area contributed by atoms with Crippen molar-refractivity contribution < 1.29 is 19.0 Å². The molecule has 100 valence electrons. The smallest absolute Gasteiger partial charge is 0.301 e. The summed E-state index contributed by atoms with van der Waals surface area (Å²) in [5.74, 6) is 0. The first-order valence-electron chi connectivity index (χ1n) is 5.78. The molecular weight excluding hydrogens is 243 g/mol. The number of nitrogens with zero attached hydrogens (tertiary/aromatic N) is 2. The molecule has 7 heteroatoms. The van der Waals surface area contributed by atoms with Crippen LogP contribution in [0.2, 0.25) is 0 Å². The van der Waals surface area contributed by atoms with Gasteiger partial charge in [-0.2, -0.15) is 4.98 Å². The second kappa shape index (κ2) is 5.45. The van der Waals surface area contributed by atoms with E-state index in [2.05, 4.69) is 4.98 Å². The van der Waals surface area contributed by atoms with E-state index < -0.39 is 24.1 Å². The van der Waals surface area contributed by atoms with E-state index in [1.165, 1.54) is 16.8 Å². The summed E-state index contributed by atoms with van der Waals surface area (Å²) in [6, 6.07) is 1.35. The molecule has 0 radical (unpaired) electrons. The number of hydrogen-bond acceptors (Lipinski definition) is 5. The summed E-state index contributed by atoms with van der Waals surface area (Å²) < 4.78 is 25.5. The molecule has 0 spiro atoms. The molecule has 0 saturated carbocycles. The van der Waals surface area contributed by atoms with Crippen molar-refractivity contribution in [2.24, 2.45) is 0 Å². The van der Waals surface area contributed by atoms with Crippen molar-refractivity contribution >= 4 is 0 Å². The minimum atomic E-state index is -1.24. The number of alkyl halides is 1. The van der Waals surface area contributed by atoms with Crippen LogP contribution in [0.1, 0.15) is 19.6 Å². The largest absolute Gasteiger partial charge is 0.465 e. The summed E-state index contributed by atoms with van der Waals surface area (Å²) >= 11 is 0. The highest BCUT2D eigenvalue weighted by Crippen LogP contribution is 2.32. The Morgan fingerprint density at radius 2 is 2.50 bits per heavy atom. The Hall–Kier alpha value is -1.47. The van der Waals surface area contributed by atoms with Crippen LogP contribution in [0.5, 0.6) is 6.01 Å². The van der Waals surface area contributed by atoms with Gasteiger partial charge in [0.2, 0.25) is 0 Å². The summed E-state index contributed by atoms with van der Waals surface area (Å²) in [7, 11) is 0. The van der Waals surface area contributed by atoms with Crippen LogP contribution < -0.4 is 10.3 Å². The van der Waals surface area contributed by atoms with Gasteiger partial charge in [0.05, 0.1) is 13.2 Å². The molecule has 1 aliphatic heterocycles. The minimum Gasteiger partial charge on any atom is -0.465 e. The van der Waals surface area contributed by atoms with Crippen molar-refractivity contribution in [1.82, 2.24) is 9.55 Å². The fourth-order valence-corrected chi connectivity index (χ4v) is 1.88. The van der Waals surface area contributed by atoms with Crippen molar-refractivity contribution in [1.29, 1.82) is 0 Å². The molecule has 0 amide bonds. The maximum atomic E-state index is 13.5. The van der Waals surface area contributed by atoms with Gasteiger partial charge in [0.25, 0.3) is 5.56 Å². The standard InChI is InChI=1S/C11H15FN2O4/c1-2-17-11-13-9(16)3-4-14(11)10-5-7(12)8(6-15)18-10/h3-4,7-8,10,15H,2,5-6H2,1H3/t7-,8+,10+/m0/s1. The van der Waals surface area contributed by atoms with E-state index >= 15 is 0 Å². The highest BCUT2D eigenvalue weighted by Gasteiger charge is 2.36. The highest BCUT2D eigenvalue weighted by molar-refractivity contribution is 5.01. The lowest BCUT2D eigenvalue weighted by atomic mass is 10.2. The SMILES string of the molecule is CCOc1nc(=O)ccn1[C@H]1C[C@H](F)[C@@H](CO)O1. The van der Waals surface area contributed by atoms with Gasteiger partial charge in [-0.15, -0.1) is 0 Å². The molecule has 2 rings (SSSR count). The Bertz CT molecular complexity index is 465. The summed E-state index contributed by atoms with van der Waals surface area (Å²) in [5, 5.41) is 8.95. The van der Waals surface area contributed by atoms with Gasteiger partial charge < -0.3 is 14.6 Å². The molecule has 1 aromatic rings. The van der Waals surface area contributed by atoms with E-state index in [0.29, 0.717) is 6.61 Å². The molecule has 0 aromatic carbocycles. The molecule has 2 heterocycles. The van der Waals surface area contributed by atoms with Crippen LogP contribution in [-0.4, -0.2) is 40.1 Å². The zero-order valence-corrected chi connectivity index (χ0v) is 9.95. The average molecular weight is 258 g/mol. The number of hydrogen-bond donors (Lipinski definition) is 1. The van der Waals surface area contributed by atoms with Crippen LogP contribution in [0.3, 0.4) is 0 Å². The molecule has 0 aliphatic carbocycles. The minimum absolute atomic E-state index is 0.0931. The van der Waals surface area contributed by atoms with Gasteiger partial charge in [-0.25, -0.2) is 4.39 Å². The Kier molecular flexibility index (Phi) is 3.93. The molecule has 1 saturated heterocycles. The molecule has 6 nitrogen and oxygen atoms in total. The Morgan fingerprint density at radius 1 is 1.72 bits per heavy atom. The number of ether oxygens (including phenoxy) is 2. The maximum absolute atomic E-state index is 13.5.